The van der Waals surface area contributed by atoms with E-state index >= 15 is 0 Å². The number of fused-ring (bicyclic) bond motifs is 1. The van der Waals surface area contributed by atoms with E-state index in [4.69, 9.17) is 23.2 Å². The van der Waals surface area contributed by atoms with Crippen molar-refractivity contribution in [3.63, 3.8) is 0 Å². The summed E-state index contributed by atoms with van der Waals surface area (Å²) < 4.78 is -0.972. The van der Waals surface area contributed by atoms with Crippen LogP contribution in [0.25, 0.3) is 5.57 Å². The van der Waals surface area contributed by atoms with Crippen molar-refractivity contribution in [3.05, 3.63) is 89.1 Å². The molecule has 0 aromatic heterocycles. The first-order valence-electron chi connectivity index (χ1n) is 12.7. The molecule has 0 saturated carbocycles. The zero-order valence-electron chi connectivity index (χ0n) is 22.1. The van der Waals surface area contributed by atoms with Crippen molar-refractivity contribution >= 4 is 28.8 Å². The van der Waals surface area contributed by atoms with E-state index in [1.54, 1.807) is 0 Å². The van der Waals surface area contributed by atoms with E-state index in [1.165, 1.54) is 35.1 Å². The van der Waals surface area contributed by atoms with Gasteiger partial charge in [0.1, 0.15) is 4.33 Å². The second-order valence-corrected chi connectivity index (χ2v) is 13.5. The molecule has 3 rings (SSSR count). The maximum absolute atomic E-state index is 7.39. The number of halogens is 2. The predicted molar refractivity (Wildman–Crippen MR) is 153 cm³/mol. The fraction of sp³-hybridized carbons (Fsp3) is 0.500. The summed E-state index contributed by atoms with van der Waals surface area (Å²) in [6.07, 6.45) is 17.6. The van der Waals surface area contributed by atoms with Gasteiger partial charge in [0.25, 0.3) is 0 Å². The molecule has 2 aliphatic carbocycles. The van der Waals surface area contributed by atoms with Crippen LogP contribution in [0, 0.1) is 11.3 Å². The van der Waals surface area contributed by atoms with E-state index in [0.717, 1.165) is 24.0 Å². The molecule has 0 bridgehead atoms. The average molecular weight is 498 g/mol. The molecule has 2 atom stereocenters. The van der Waals surface area contributed by atoms with E-state index in [1.807, 2.05) is 0 Å². The van der Waals surface area contributed by atoms with E-state index in [-0.39, 0.29) is 22.7 Å². The minimum Gasteiger partial charge on any atom is -0.1000 e. The van der Waals surface area contributed by atoms with Crippen LogP contribution in [-0.2, 0) is 5.41 Å². The molecule has 2 unspecified atom stereocenters. The van der Waals surface area contributed by atoms with Crippen LogP contribution in [0.2, 0.25) is 0 Å². The van der Waals surface area contributed by atoms with Gasteiger partial charge in [0.05, 0.1) is 0 Å². The van der Waals surface area contributed by atoms with Crippen molar-refractivity contribution in [2.24, 2.45) is 11.3 Å². The van der Waals surface area contributed by atoms with Crippen molar-refractivity contribution in [1.82, 2.24) is 0 Å². The SMILES string of the molecule is C=C1/C=C\C(C(C)(C)C)=C/CC(C(Cl)(Cl)C2C=CC(CCCC)=C2)c2cc(C(C)(C)C)ccc21. The molecule has 1 aromatic rings. The van der Waals surface area contributed by atoms with Gasteiger partial charge in [-0.25, -0.2) is 0 Å². The standard InChI is InChI=1S/C32H42Cl2/c1-9-10-11-23-13-15-26(20-23)32(33,34)29-19-17-24(30(3,4)5)14-12-22(2)27-18-16-25(21-28(27)29)31(6,7)8/h12-18,20-21,26,29H,2,9-11,19H2,1,3-8H3/b14-12-,24-17+. The lowest BCUT2D eigenvalue weighted by Gasteiger charge is -2.36. The largest absolute Gasteiger partial charge is 0.135 e. The highest BCUT2D eigenvalue weighted by atomic mass is 35.5. The van der Waals surface area contributed by atoms with Crippen LogP contribution in [-0.4, -0.2) is 4.33 Å². The van der Waals surface area contributed by atoms with Gasteiger partial charge in [-0.2, -0.15) is 0 Å². The molecule has 0 radical (unpaired) electrons. The van der Waals surface area contributed by atoms with Crippen molar-refractivity contribution in [2.45, 2.75) is 89.8 Å². The number of hydrogen-bond donors (Lipinski definition) is 0. The van der Waals surface area contributed by atoms with Gasteiger partial charge < -0.3 is 0 Å². The molecule has 0 amide bonds. The summed E-state index contributed by atoms with van der Waals surface area (Å²) in [6, 6.07) is 6.77. The zero-order valence-corrected chi connectivity index (χ0v) is 23.7. The Kier molecular flexibility index (Phi) is 8.16. The van der Waals surface area contributed by atoms with Crippen molar-refractivity contribution in [3.8, 4) is 0 Å². The Labute approximate surface area is 218 Å². The van der Waals surface area contributed by atoms with Gasteiger partial charge in [0.2, 0.25) is 0 Å². The molecule has 184 valence electrons. The smallest absolute Gasteiger partial charge is 0.1000 e. The molecule has 2 heteroatoms. The summed E-state index contributed by atoms with van der Waals surface area (Å²) in [6.45, 7) is 20.2. The summed E-state index contributed by atoms with van der Waals surface area (Å²) in [5.74, 6) is -0.0918. The fourth-order valence-corrected chi connectivity index (χ4v) is 5.52. The van der Waals surface area contributed by atoms with Crippen LogP contribution < -0.4 is 0 Å². The predicted octanol–water partition coefficient (Wildman–Crippen LogP) is 10.5. The quantitative estimate of drug-likeness (QED) is 0.355. The second-order valence-electron chi connectivity index (χ2n) is 12.0. The molecule has 0 N–H and O–H groups in total. The van der Waals surface area contributed by atoms with Gasteiger partial charge in [0.15, 0.2) is 0 Å². The van der Waals surface area contributed by atoms with Crippen LogP contribution in [0.1, 0.15) is 96.8 Å². The number of unbranched alkanes of at least 4 members (excludes halogenated alkanes) is 1. The Hall–Kier alpha value is -1.50. The maximum Gasteiger partial charge on any atom is 0.135 e. The Balaban J connectivity index is 2.16. The highest BCUT2D eigenvalue weighted by Crippen LogP contribution is 2.51. The lowest BCUT2D eigenvalue weighted by molar-refractivity contribution is 0.501. The highest BCUT2D eigenvalue weighted by molar-refractivity contribution is 6.49. The summed E-state index contributed by atoms with van der Waals surface area (Å²) in [5, 5.41) is 0. The Morgan fingerprint density at radius 3 is 2.29 bits per heavy atom. The monoisotopic (exact) mass is 496 g/mol. The maximum atomic E-state index is 7.39. The number of hydrogen-bond acceptors (Lipinski definition) is 0. The van der Waals surface area contributed by atoms with Gasteiger partial charge in [-0.1, -0.05) is 145 Å². The minimum atomic E-state index is -0.972. The van der Waals surface area contributed by atoms with Gasteiger partial charge in [0, 0.05) is 11.8 Å². The normalized spacial score (nSPS) is 24.0. The van der Waals surface area contributed by atoms with E-state index in [2.05, 4.69) is 110 Å². The molecule has 0 aliphatic heterocycles. The van der Waals surface area contributed by atoms with Crippen LogP contribution in [0.4, 0.5) is 0 Å². The summed E-state index contributed by atoms with van der Waals surface area (Å²) in [4.78, 5) is 0. The van der Waals surface area contributed by atoms with Crippen LogP contribution in [0.15, 0.2) is 72.4 Å². The van der Waals surface area contributed by atoms with Crippen molar-refractivity contribution in [1.29, 1.82) is 0 Å². The molecule has 0 heterocycles. The first-order chi connectivity index (χ1) is 15.7. The first-order valence-corrected chi connectivity index (χ1v) is 13.5. The molecule has 34 heavy (non-hydrogen) atoms. The number of alkyl halides is 2. The molecular formula is C32H42Cl2. The molecule has 0 spiro atoms. The Morgan fingerprint density at radius 2 is 1.68 bits per heavy atom. The van der Waals surface area contributed by atoms with E-state index in [0.29, 0.717) is 0 Å². The number of benzene rings is 1. The van der Waals surface area contributed by atoms with Gasteiger partial charge in [-0.15, -0.1) is 0 Å². The first kappa shape index (κ1) is 27.1. The second kappa shape index (κ2) is 10.2. The third kappa shape index (κ3) is 6.00. The van der Waals surface area contributed by atoms with Crippen LogP contribution >= 0.6 is 23.2 Å². The highest BCUT2D eigenvalue weighted by Gasteiger charge is 2.43. The third-order valence-corrected chi connectivity index (χ3v) is 8.21. The van der Waals surface area contributed by atoms with Crippen LogP contribution in [0.5, 0.6) is 0 Å². The van der Waals surface area contributed by atoms with Crippen molar-refractivity contribution < 1.29 is 0 Å². The number of allylic oxidation sites excluding steroid dienone is 9. The Bertz CT molecular complexity index is 1030. The summed E-state index contributed by atoms with van der Waals surface area (Å²) in [7, 11) is 0. The van der Waals surface area contributed by atoms with Gasteiger partial charge in [-0.3, -0.25) is 0 Å². The van der Waals surface area contributed by atoms with E-state index < -0.39 is 4.33 Å². The summed E-state index contributed by atoms with van der Waals surface area (Å²) >= 11 is 14.8. The molecule has 1 aromatic carbocycles. The van der Waals surface area contributed by atoms with Crippen LogP contribution in [0.3, 0.4) is 0 Å². The average Bonchev–Trinajstić information content (AvgIpc) is 3.23. The molecule has 0 saturated heterocycles. The van der Waals surface area contributed by atoms with Crippen molar-refractivity contribution in [2.75, 3.05) is 0 Å². The van der Waals surface area contributed by atoms with Gasteiger partial charge in [-0.05, 0) is 57.9 Å². The Morgan fingerprint density at radius 1 is 0.971 bits per heavy atom. The van der Waals surface area contributed by atoms with E-state index in [9.17, 15) is 0 Å². The fourth-order valence-electron chi connectivity index (χ4n) is 4.84. The third-order valence-electron chi connectivity index (χ3n) is 7.18. The topological polar surface area (TPSA) is 0 Å². The zero-order chi connectivity index (χ0) is 25.3. The molecule has 0 fully saturated rings. The molecule has 2 aliphatic rings. The van der Waals surface area contributed by atoms with Gasteiger partial charge >= 0.3 is 0 Å². The summed E-state index contributed by atoms with van der Waals surface area (Å²) in [5.41, 5.74) is 7.32. The lowest BCUT2D eigenvalue weighted by atomic mass is 9.77. The minimum absolute atomic E-state index is 0.0210. The molecule has 0 nitrogen and oxygen atoms in total. The lowest BCUT2D eigenvalue weighted by Crippen LogP contribution is -2.31. The number of rotatable bonds is 5. The molecular weight excluding hydrogens is 455 g/mol.